The minimum absolute atomic E-state index is 0.159. The van der Waals surface area contributed by atoms with E-state index in [9.17, 15) is 9.59 Å². The zero-order valence-corrected chi connectivity index (χ0v) is 13.1. The molecular weight excluding hydrogens is 296 g/mol. The number of rotatable bonds is 4. The van der Waals surface area contributed by atoms with Crippen molar-refractivity contribution in [2.24, 2.45) is 0 Å². The highest BCUT2D eigenvalue weighted by atomic mass is 16.5. The van der Waals surface area contributed by atoms with Crippen molar-refractivity contribution in [1.29, 1.82) is 5.26 Å². The van der Waals surface area contributed by atoms with Gasteiger partial charge in [-0.15, -0.1) is 0 Å². The zero-order valence-electron chi connectivity index (χ0n) is 13.1. The summed E-state index contributed by atoms with van der Waals surface area (Å²) < 4.78 is 4.53. The Bertz CT molecular complexity index is 586. The van der Waals surface area contributed by atoms with Gasteiger partial charge in [0.1, 0.15) is 0 Å². The number of carbonyl (C=O) groups is 2. The van der Waals surface area contributed by atoms with Crippen LogP contribution in [-0.4, -0.2) is 56.7 Å². The number of hydrogen-bond acceptors (Lipinski definition) is 5. The van der Waals surface area contributed by atoms with E-state index in [-0.39, 0.29) is 25.0 Å². The number of anilines is 1. The molecule has 0 bridgehead atoms. The average Bonchev–Trinajstić information content (AvgIpc) is 2.61. The van der Waals surface area contributed by atoms with Gasteiger partial charge in [0.15, 0.2) is 0 Å². The van der Waals surface area contributed by atoms with E-state index in [1.165, 1.54) is 7.11 Å². The largest absolute Gasteiger partial charge is 0.469 e. The number of benzene rings is 1. The molecule has 1 saturated heterocycles. The minimum Gasteiger partial charge on any atom is -0.469 e. The molecule has 7 nitrogen and oxygen atoms in total. The first kappa shape index (κ1) is 16.6. The summed E-state index contributed by atoms with van der Waals surface area (Å²) in [6, 6.07) is 9.37. The van der Waals surface area contributed by atoms with Crippen molar-refractivity contribution >= 4 is 17.7 Å². The van der Waals surface area contributed by atoms with Crippen LogP contribution < -0.4 is 10.2 Å². The van der Waals surface area contributed by atoms with Gasteiger partial charge >= 0.3 is 12.0 Å². The number of nitriles is 1. The number of carbonyl (C=O) groups excluding carboxylic acids is 2. The molecule has 0 spiro atoms. The third kappa shape index (κ3) is 4.61. The lowest BCUT2D eigenvalue weighted by Crippen LogP contribution is -2.52. The smallest absolute Gasteiger partial charge is 0.317 e. The zero-order chi connectivity index (χ0) is 16.7. The molecule has 1 aromatic carbocycles. The van der Waals surface area contributed by atoms with Crippen LogP contribution in [0.3, 0.4) is 0 Å². The summed E-state index contributed by atoms with van der Waals surface area (Å²) >= 11 is 0. The van der Waals surface area contributed by atoms with Crippen LogP contribution in [0.2, 0.25) is 0 Å². The van der Waals surface area contributed by atoms with Crippen LogP contribution in [-0.2, 0) is 9.53 Å². The molecule has 0 atom stereocenters. The third-order valence-corrected chi connectivity index (χ3v) is 3.76. The molecule has 0 aromatic heterocycles. The van der Waals surface area contributed by atoms with E-state index in [4.69, 9.17) is 5.26 Å². The van der Waals surface area contributed by atoms with E-state index in [1.54, 1.807) is 17.0 Å². The van der Waals surface area contributed by atoms with Gasteiger partial charge in [-0.1, -0.05) is 0 Å². The van der Waals surface area contributed by atoms with Gasteiger partial charge in [-0.05, 0) is 24.3 Å². The maximum absolute atomic E-state index is 12.0. The summed E-state index contributed by atoms with van der Waals surface area (Å²) in [5.74, 6) is -0.337. The lowest BCUT2D eigenvalue weighted by Gasteiger charge is -2.36. The van der Waals surface area contributed by atoms with Crippen LogP contribution in [0.4, 0.5) is 10.5 Å². The van der Waals surface area contributed by atoms with Crippen molar-refractivity contribution < 1.29 is 14.3 Å². The van der Waals surface area contributed by atoms with Crippen LogP contribution in [0, 0.1) is 11.3 Å². The van der Waals surface area contributed by atoms with Crippen LogP contribution in [0.15, 0.2) is 24.3 Å². The molecule has 1 aliphatic rings. The number of esters is 1. The topological polar surface area (TPSA) is 85.7 Å². The summed E-state index contributed by atoms with van der Waals surface area (Å²) in [6.45, 7) is 2.97. The molecule has 1 aliphatic heterocycles. The van der Waals surface area contributed by atoms with Crippen LogP contribution in [0.25, 0.3) is 0 Å². The highest BCUT2D eigenvalue weighted by Crippen LogP contribution is 2.17. The monoisotopic (exact) mass is 316 g/mol. The number of ether oxygens (including phenoxy) is 1. The van der Waals surface area contributed by atoms with Crippen LogP contribution >= 0.6 is 0 Å². The lowest BCUT2D eigenvalue weighted by atomic mass is 10.2. The number of nitrogens with one attached hydrogen (secondary N) is 1. The molecule has 23 heavy (non-hydrogen) atoms. The Hall–Kier alpha value is -2.75. The molecule has 1 heterocycles. The number of piperazine rings is 1. The Balaban J connectivity index is 1.77. The predicted octanol–water partition coefficient (Wildman–Crippen LogP) is 0.953. The van der Waals surface area contributed by atoms with Crippen LogP contribution in [0.5, 0.6) is 0 Å². The van der Waals surface area contributed by atoms with Gasteiger partial charge in [-0.3, -0.25) is 4.79 Å². The fourth-order valence-electron chi connectivity index (χ4n) is 2.40. The van der Waals surface area contributed by atoms with E-state index >= 15 is 0 Å². The number of nitrogens with zero attached hydrogens (tertiary/aromatic N) is 3. The second kappa shape index (κ2) is 8.03. The summed E-state index contributed by atoms with van der Waals surface area (Å²) in [6.07, 6.45) is 0.174. The van der Waals surface area contributed by atoms with E-state index in [0.717, 1.165) is 18.8 Å². The molecule has 2 rings (SSSR count). The molecule has 0 unspecified atom stereocenters. The van der Waals surface area contributed by atoms with Crippen molar-refractivity contribution in [3.63, 3.8) is 0 Å². The lowest BCUT2D eigenvalue weighted by molar-refractivity contribution is -0.140. The minimum atomic E-state index is -0.337. The molecule has 1 aromatic rings. The van der Waals surface area contributed by atoms with Gasteiger partial charge in [-0.25, -0.2) is 4.79 Å². The number of amides is 2. The Morgan fingerprint density at radius 3 is 2.43 bits per heavy atom. The number of urea groups is 1. The Labute approximate surface area is 135 Å². The van der Waals surface area contributed by atoms with Gasteiger partial charge < -0.3 is 19.9 Å². The van der Waals surface area contributed by atoms with Crippen LogP contribution in [0.1, 0.15) is 12.0 Å². The molecule has 1 N–H and O–H groups in total. The molecular formula is C16H20N4O3. The van der Waals surface area contributed by atoms with E-state index < -0.39 is 0 Å². The second-order valence-corrected chi connectivity index (χ2v) is 5.19. The molecule has 0 radical (unpaired) electrons. The molecule has 0 saturated carbocycles. The van der Waals surface area contributed by atoms with Crippen molar-refractivity contribution in [3.8, 4) is 6.07 Å². The summed E-state index contributed by atoms with van der Waals surface area (Å²) in [7, 11) is 1.33. The third-order valence-electron chi connectivity index (χ3n) is 3.76. The normalized spacial score (nSPS) is 14.1. The first-order chi connectivity index (χ1) is 11.1. The molecule has 122 valence electrons. The summed E-state index contributed by atoms with van der Waals surface area (Å²) in [4.78, 5) is 26.9. The number of hydrogen-bond donors (Lipinski definition) is 1. The van der Waals surface area contributed by atoms with Gasteiger partial charge in [-0.2, -0.15) is 5.26 Å². The fraction of sp³-hybridized carbons (Fsp3) is 0.438. The number of methoxy groups -OCH3 is 1. The molecule has 0 aliphatic carbocycles. The molecule has 2 amide bonds. The fourth-order valence-corrected chi connectivity index (χ4v) is 2.40. The van der Waals surface area contributed by atoms with Crippen molar-refractivity contribution in [1.82, 2.24) is 10.2 Å². The standard InChI is InChI=1S/C16H20N4O3/c1-23-15(21)6-7-18-16(22)20-10-8-19(9-11-20)14-4-2-13(12-17)3-5-14/h2-5H,6-11H2,1H3,(H,18,22). The van der Waals surface area contributed by atoms with Gasteiger partial charge in [0.25, 0.3) is 0 Å². The van der Waals surface area contributed by atoms with E-state index in [2.05, 4.69) is 21.0 Å². The predicted molar refractivity (Wildman–Crippen MR) is 85.0 cm³/mol. The van der Waals surface area contributed by atoms with Gasteiger partial charge in [0.05, 0.1) is 25.2 Å². The van der Waals surface area contributed by atoms with E-state index in [0.29, 0.717) is 18.7 Å². The maximum Gasteiger partial charge on any atom is 0.317 e. The second-order valence-electron chi connectivity index (χ2n) is 5.19. The van der Waals surface area contributed by atoms with Crippen molar-refractivity contribution in [2.45, 2.75) is 6.42 Å². The van der Waals surface area contributed by atoms with Crippen molar-refractivity contribution in [3.05, 3.63) is 29.8 Å². The maximum atomic E-state index is 12.0. The Morgan fingerprint density at radius 1 is 1.22 bits per heavy atom. The SMILES string of the molecule is COC(=O)CCNC(=O)N1CCN(c2ccc(C#N)cc2)CC1. The van der Waals surface area contributed by atoms with Gasteiger partial charge in [0, 0.05) is 38.4 Å². The summed E-state index contributed by atoms with van der Waals surface area (Å²) in [5, 5.41) is 11.5. The first-order valence-electron chi connectivity index (χ1n) is 7.48. The molecule has 7 heteroatoms. The Morgan fingerprint density at radius 2 is 1.87 bits per heavy atom. The molecule has 1 fully saturated rings. The quantitative estimate of drug-likeness (QED) is 0.836. The highest BCUT2D eigenvalue weighted by Gasteiger charge is 2.21. The first-order valence-corrected chi connectivity index (χ1v) is 7.48. The van der Waals surface area contributed by atoms with Crippen molar-refractivity contribution in [2.75, 3.05) is 44.7 Å². The Kier molecular flexibility index (Phi) is 5.80. The summed E-state index contributed by atoms with van der Waals surface area (Å²) in [5.41, 5.74) is 1.69. The highest BCUT2D eigenvalue weighted by molar-refractivity contribution is 5.76. The van der Waals surface area contributed by atoms with E-state index in [1.807, 2.05) is 12.1 Å². The van der Waals surface area contributed by atoms with Gasteiger partial charge in [0.2, 0.25) is 0 Å². The average molecular weight is 316 g/mol.